The topological polar surface area (TPSA) is 57.7 Å². The maximum absolute atomic E-state index is 14.1. The number of sulfonamides is 1. The number of hydrogen-bond donors (Lipinski definition) is 0. The van der Waals surface area contributed by atoms with Crippen molar-refractivity contribution >= 4 is 15.9 Å². The third-order valence-electron chi connectivity index (χ3n) is 5.88. The Morgan fingerprint density at radius 1 is 0.968 bits per heavy atom. The molecule has 1 saturated heterocycles. The van der Waals surface area contributed by atoms with Crippen molar-refractivity contribution in [2.45, 2.75) is 43.2 Å². The van der Waals surface area contributed by atoms with Gasteiger partial charge >= 0.3 is 0 Å². The molecular weight excluding hydrogens is 429 g/mol. The van der Waals surface area contributed by atoms with Crippen LogP contribution in [0, 0.1) is 23.4 Å². The van der Waals surface area contributed by atoms with Crippen LogP contribution in [0.1, 0.15) is 31.2 Å². The Kier molecular flexibility index (Phi) is 6.07. The fourth-order valence-electron chi connectivity index (χ4n) is 3.97. The van der Waals surface area contributed by atoms with Gasteiger partial charge in [-0.2, -0.15) is 4.31 Å². The number of carbonyl (C=O) groups is 1. The number of piperidine rings is 1. The van der Waals surface area contributed by atoms with E-state index < -0.39 is 32.5 Å². The Balaban J connectivity index is 1.44. The average Bonchev–Trinajstić information content (AvgIpc) is 3.59. The number of hydrogen-bond acceptors (Lipinski definition) is 3. The van der Waals surface area contributed by atoms with Crippen LogP contribution in [0.2, 0.25) is 0 Å². The van der Waals surface area contributed by atoms with Gasteiger partial charge in [-0.25, -0.2) is 21.6 Å². The molecule has 1 saturated carbocycles. The molecule has 1 heterocycles. The van der Waals surface area contributed by atoms with Gasteiger partial charge in [-0.1, -0.05) is 18.2 Å². The molecule has 0 bridgehead atoms. The minimum Gasteiger partial charge on any atom is -0.335 e. The molecule has 2 aromatic carbocycles. The minimum absolute atomic E-state index is 0.0346. The molecule has 0 atom stereocenters. The van der Waals surface area contributed by atoms with Gasteiger partial charge in [-0.3, -0.25) is 4.79 Å². The third-order valence-corrected chi connectivity index (χ3v) is 7.80. The summed E-state index contributed by atoms with van der Waals surface area (Å²) in [5.74, 6) is -2.71. The van der Waals surface area contributed by atoms with E-state index in [1.807, 2.05) is 0 Å². The molecule has 1 aliphatic heterocycles. The normalized spacial score (nSPS) is 18.2. The van der Waals surface area contributed by atoms with Gasteiger partial charge in [0.1, 0.15) is 22.3 Å². The summed E-state index contributed by atoms with van der Waals surface area (Å²) < 4.78 is 68.1. The first-order valence-electron chi connectivity index (χ1n) is 10.3. The van der Waals surface area contributed by atoms with Crippen molar-refractivity contribution in [3.05, 3.63) is 65.5 Å². The van der Waals surface area contributed by atoms with Crippen LogP contribution in [0.25, 0.3) is 0 Å². The van der Waals surface area contributed by atoms with Crippen molar-refractivity contribution in [1.82, 2.24) is 9.21 Å². The zero-order valence-corrected chi connectivity index (χ0v) is 17.6. The standard InChI is InChI=1S/C22H23F3N2O3S/c23-17-5-8-20(25)21(13-17)31(29,30)26-11-9-15(10-12-26)22(28)27(18-6-7-18)14-16-3-1-2-4-19(16)24/h1-5,8,13,15,18H,6-7,9-12,14H2. The first kappa shape index (κ1) is 21.8. The minimum atomic E-state index is -4.20. The van der Waals surface area contributed by atoms with Gasteiger partial charge in [-0.05, 0) is 49.9 Å². The number of halogens is 3. The molecule has 0 spiro atoms. The molecule has 31 heavy (non-hydrogen) atoms. The quantitative estimate of drug-likeness (QED) is 0.672. The monoisotopic (exact) mass is 452 g/mol. The molecule has 1 amide bonds. The number of carbonyl (C=O) groups excluding carboxylic acids is 1. The van der Waals surface area contributed by atoms with E-state index in [2.05, 4.69) is 0 Å². The first-order valence-corrected chi connectivity index (χ1v) is 11.7. The highest BCUT2D eigenvalue weighted by Gasteiger charge is 2.39. The van der Waals surface area contributed by atoms with Gasteiger partial charge in [0.05, 0.1) is 0 Å². The highest BCUT2D eigenvalue weighted by atomic mass is 32.2. The van der Waals surface area contributed by atoms with E-state index in [9.17, 15) is 26.4 Å². The molecule has 2 fully saturated rings. The highest BCUT2D eigenvalue weighted by molar-refractivity contribution is 7.89. The SMILES string of the molecule is O=C(C1CCN(S(=O)(=O)c2cc(F)ccc2F)CC1)N(Cc1ccccc1F)C1CC1. The molecule has 2 aliphatic rings. The zero-order valence-electron chi connectivity index (χ0n) is 16.8. The van der Waals surface area contributed by atoms with Gasteiger partial charge in [0.2, 0.25) is 15.9 Å². The fraction of sp³-hybridized carbons (Fsp3) is 0.409. The van der Waals surface area contributed by atoms with E-state index in [1.54, 1.807) is 23.1 Å². The lowest BCUT2D eigenvalue weighted by Gasteiger charge is -2.34. The summed E-state index contributed by atoms with van der Waals surface area (Å²) in [6.07, 6.45) is 2.28. The second kappa shape index (κ2) is 8.63. The summed E-state index contributed by atoms with van der Waals surface area (Å²) in [4.78, 5) is 14.1. The summed E-state index contributed by atoms with van der Waals surface area (Å²) in [5, 5.41) is 0. The van der Waals surface area contributed by atoms with Crippen LogP contribution in [0.4, 0.5) is 13.2 Å². The lowest BCUT2D eigenvalue weighted by Crippen LogP contribution is -2.45. The van der Waals surface area contributed by atoms with Crippen LogP contribution in [0.3, 0.4) is 0 Å². The number of benzene rings is 2. The number of rotatable bonds is 6. The summed E-state index contributed by atoms with van der Waals surface area (Å²) in [6.45, 7) is 0.253. The molecule has 0 unspecified atom stereocenters. The Labute approximate surface area is 179 Å². The van der Waals surface area contributed by atoms with Crippen molar-refractivity contribution in [2.24, 2.45) is 5.92 Å². The van der Waals surface area contributed by atoms with E-state index in [0.29, 0.717) is 11.6 Å². The number of nitrogens with zero attached hydrogens (tertiary/aromatic N) is 2. The maximum atomic E-state index is 14.1. The van der Waals surface area contributed by atoms with Crippen LogP contribution in [-0.4, -0.2) is 42.7 Å². The summed E-state index contributed by atoms with van der Waals surface area (Å²) >= 11 is 0. The van der Waals surface area contributed by atoms with E-state index in [0.717, 1.165) is 29.3 Å². The van der Waals surface area contributed by atoms with Gasteiger partial charge in [0.15, 0.2) is 0 Å². The molecule has 4 rings (SSSR count). The van der Waals surface area contributed by atoms with Crippen LogP contribution >= 0.6 is 0 Å². The van der Waals surface area contributed by atoms with Crippen molar-refractivity contribution in [1.29, 1.82) is 0 Å². The van der Waals surface area contributed by atoms with Crippen molar-refractivity contribution in [2.75, 3.05) is 13.1 Å². The predicted octanol–water partition coefficient (Wildman–Crippen LogP) is 3.70. The first-order chi connectivity index (χ1) is 14.8. The average molecular weight is 452 g/mol. The van der Waals surface area contributed by atoms with E-state index >= 15 is 0 Å². The van der Waals surface area contributed by atoms with E-state index in [4.69, 9.17) is 0 Å². The lowest BCUT2D eigenvalue weighted by atomic mass is 9.96. The Hall–Kier alpha value is -2.39. The van der Waals surface area contributed by atoms with Gasteiger partial charge in [-0.15, -0.1) is 0 Å². The predicted molar refractivity (Wildman–Crippen MR) is 108 cm³/mol. The highest BCUT2D eigenvalue weighted by Crippen LogP contribution is 2.33. The molecule has 1 aliphatic carbocycles. The Morgan fingerprint density at radius 2 is 1.65 bits per heavy atom. The van der Waals surface area contributed by atoms with Crippen LogP contribution in [-0.2, 0) is 21.4 Å². The zero-order chi connectivity index (χ0) is 22.2. The molecule has 5 nitrogen and oxygen atoms in total. The molecular formula is C22H23F3N2O3S. The second-order valence-electron chi connectivity index (χ2n) is 8.04. The molecule has 0 aromatic heterocycles. The summed E-state index contributed by atoms with van der Waals surface area (Å²) in [5.41, 5.74) is 0.448. The summed E-state index contributed by atoms with van der Waals surface area (Å²) in [6, 6.07) is 8.74. The fourth-order valence-corrected chi connectivity index (χ4v) is 5.52. The smallest absolute Gasteiger partial charge is 0.246 e. The molecule has 0 radical (unpaired) electrons. The summed E-state index contributed by atoms with van der Waals surface area (Å²) in [7, 11) is -4.20. The van der Waals surface area contributed by atoms with Crippen molar-refractivity contribution in [3.8, 4) is 0 Å². The largest absolute Gasteiger partial charge is 0.335 e. The third kappa shape index (κ3) is 4.62. The number of amides is 1. The maximum Gasteiger partial charge on any atom is 0.246 e. The lowest BCUT2D eigenvalue weighted by molar-refractivity contribution is -0.138. The van der Waals surface area contributed by atoms with Gasteiger partial charge in [0, 0.05) is 37.2 Å². The van der Waals surface area contributed by atoms with E-state index in [1.165, 1.54) is 6.07 Å². The molecule has 9 heteroatoms. The van der Waals surface area contributed by atoms with Gasteiger partial charge in [0.25, 0.3) is 0 Å². The molecule has 0 N–H and O–H groups in total. The van der Waals surface area contributed by atoms with Crippen LogP contribution in [0.5, 0.6) is 0 Å². The Morgan fingerprint density at radius 3 is 2.29 bits per heavy atom. The Bertz CT molecular complexity index is 1080. The molecule has 2 aromatic rings. The van der Waals surface area contributed by atoms with Crippen LogP contribution < -0.4 is 0 Å². The van der Waals surface area contributed by atoms with Crippen LogP contribution in [0.15, 0.2) is 47.4 Å². The van der Waals surface area contributed by atoms with Crippen molar-refractivity contribution < 1.29 is 26.4 Å². The molecule has 166 valence electrons. The second-order valence-corrected chi connectivity index (χ2v) is 9.95. The van der Waals surface area contributed by atoms with Gasteiger partial charge < -0.3 is 4.90 Å². The van der Waals surface area contributed by atoms with Crippen molar-refractivity contribution in [3.63, 3.8) is 0 Å². The van der Waals surface area contributed by atoms with E-state index in [-0.39, 0.29) is 50.2 Å².